The first-order valence-electron chi connectivity index (χ1n) is 9.78. The molecule has 1 aliphatic rings. The Morgan fingerprint density at radius 1 is 1.04 bits per heavy atom. The summed E-state index contributed by atoms with van der Waals surface area (Å²) < 4.78 is 0. The molecule has 3 rings (SSSR count). The summed E-state index contributed by atoms with van der Waals surface area (Å²) >= 11 is 1.61. The van der Waals surface area contributed by atoms with Crippen molar-refractivity contribution in [3.63, 3.8) is 0 Å². The molecule has 4 nitrogen and oxygen atoms in total. The fourth-order valence-electron chi connectivity index (χ4n) is 3.54. The lowest BCUT2D eigenvalue weighted by Crippen LogP contribution is -2.50. The van der Waals surface area contributed by atoms with Crippen molar-refractivity contribution in [2.45, 2.75) is 39.5 Å². The fraction of sp³-hybridized carbons (Fsp3) is 0.455. The predicted octanol–water partition coefficient (Wildman–Crippen LogP) is 3.93. The van der Waals surface area contributed by atoms with Crippen LogP contribution in [-0.2, 0) is 17.6 Å². The number of thiophene rings is 1. The van der Waals surface area contributed by atoms with Crippen LogP contribution in [-0.4, -0.2) is 47.8 Å². The van der Waals surface area contributed by atoms with Gasteiger partial charge in [-0.05, 0) is 43.4 Å². The van der Waals surface area contributed by atoms with Crippen LogP contribution >= 0.6 is 11.3 Å². The molecule has 1 saturated heterocycles. The van der Waals surface area contributed by atoms with Gasteiger partial charge in [0.05, 0.1) is 4.88 Å². The van der Waals surface area contributed by atoms with Crippen LogP contribution in [0.25, 0.3) is 0 Å². The smallest absolute Gasteiger partial charge is 0.264 e. The highest BCUT2D eigenvalue weighted by atomic mass is 32.1. The minimum absolute atomic E-state index is 0.110. The minimum atomic E-state index is 0.110. The monoisotopic (exact) mass is 384 g/mol. The normalized spacial score (nSPS) is 14.4. The molecular formula is C22H28N2O2S. The van der Waals surface area contributed by atoms with Crippen molar-refractivity contribution in [3.05, 3.63) is 57.3 Å². The zero-order valence-electron chi connectivity index (χ0n) is 16.2. The van der Waals surface area contributed by atoms with Crippen LogP contribution < -0.4 is 0 Å². The lowest BCUT2D eigenvalue weighted by atomic mass is 10.1. The first kappa shape index (κ1) is 19.6. The quantitative estimate of drug-likeness (QED) is 0.757. The molecule has 0 radical (unpaired) electrons. The van der Waals surface area contributed by atoms with Crippen LogP contribution in [0.2, 0.25) is 0 Å². The predicted molar refractivity (Wildman–Crippen MR) is 110 cm³/mol. The average Bonchev–Trinajstić information content (AvgIpc) is 3.09. The van der Waals surface area contributed by atoms with Crippen molar-refractivity contribution < 1.29 is 9.59 Å². The highest BCUT2D eigenvalue weighted by Crippen LogP contribution is 2.24. The molecule has 0 spiro atoms. The standard InChI is InChI=1S/C22H28N2O2S/c1-3-19-17(2)16-20(27-19)22(26)24-14-12-23(13-15-24)21(25)11-7-10-18-8-5-4-6-9-18/h4-6,8-9,16H,3,7,10-15H2,1-2H3. The van der Waals surface area contributed by atoms with E-state index >= 15 is 0 Å². The number of amides is 2. The van der Waals surface area contributed by atoms with Crippen LogP contribution in [0, 0.1) is 6.92 Å². The lowest BCUT2D eigenvalue weighted by molar-refractivity contribution is -0.132. The second-order valence-corrected chi connectivity index (χ2v) is 8.22. The third-order valence-corrected chi connectivity index (χ3v) is 6.54. The van der Waals surface area contributed by atoms with Gasteiger partial charge in [0.25, 0.3) is 5.91 Å². The van der Waals surface area contributed by atoms with E-state index in [1.807, 2.05) is 34.1 Å². The highest BCUT2D eigenvalue weighted by Gasteiger charge is 2.25. The Bertz CT molecular complexity index is 777. The molecule has 2 aromatic rings. The number of aryl methyl sites for hydroxylation is 3. The summed E-state index contributed by atoms with van der Waals surface area (Å²) in [5.41, 5.74) is 2.48. The molecule has 144 valence electrons. The van der Waals surface area contributed by atoms with Crippen molar-refractivity contribution in [1.82, 2.24) is 9.80 Å². The third kappa shape index (κ3) is 4.98. The number of nitrogens with zero attached hydrogens (tertiary/aromatic N) is 2. The summed E-state index contributed by atoms with van der Waals surface area (Å²) in [6, 6.07) is 12.3. The first-order chi connectivity index (χ1) is 13.1. The van der Waals surface area contributed by atoms with Crippen LogP contribution in [0.4, 0.5) is 0 Å². The SMILES string of the molecule is CCc1sc(C(=O)N2CCN(C(=O)CCCc3ccccc3)CC2)cc1C. The summed E-state index contributed by atoms with van der Waals surface area (Å²) in [6.45, 7) is 6.72. The molecule has 0 atom stereocenters. The molecule has 1 fully saturated rings. The van der Waals surface area contributed by atoms with E-state index in [4.69, 9.17) is 0 Å². The lowest BCUT2D eigenvalue weighted by Gasteiger charge is -2.34. The Labute approximate surface area is 165 Å². The highest BCUT2D eigenvalue weighted by molar-refractivity contribution is 7.14. The van der Waals surface area contributed by atoms with E-state index in [1.165, 1.54) is 16.0 Å². The van der Waals surface area contributed by atoms with Crippen LogP contribution in [0.3, 0.4) is 0 Å². The van der Waals surface area contributed by atoms with E-state index in [2.05, 4.69) is 26.0 Å². The maximum atomic E-state index is 12.7. The van der Waals surface area contributed by atoms with Gasteiger partial charge in [-0.15, -0.1) is 11.3 Å². The van der Waals surface area contributed by atoms with Crippen molar-refractivity contribution in [2.24, 2.45) is 0 Å². The second kappa shape index (κ2) is 9.18. The molecule has 0 N–H and O–H groups in total. The Balaban J connectivity index is 1.45. The average molecular weight is 385 g/mol. The fourth-order valence-corrected chi connectivity index (χ4v) is 4.62. The van der Waals surface area contributed by atoms with Crippen molar-refractivity contribution >= 4 is 23.2 Å². The Hall–Kier alpha value is -2.14. The van der Waals surface area contributed by atoms with Gasteiger partial charge in [0.15, 0.2) is 0 Å². The van der Waals surface area contributed by atoms with E-state index in [0.29, 0.717) is 32.6 Å². The molecule has 0 saturated carbocycles. The maximum absolute atomic E-state index is 12.7. The largest absolute Gasteiger partial charge is 0.339 e. The number of rotatable bonds is 6. The summed E-state index contributed by atoms with van der Waals surface area (Å²) in [6.07, 6.45) is 3.35. The number of carbonyl (C=O) groups excluding carboxylic acids is 2. The van der Waals surface area contributed by atoms with Crippen molar-refractivity contribution in [1.29, 1.82) is 0 Å². The van der Waals surface area contributed by atoms with Gasteiger partial charge in [-0.25, -0.2) is 0 Å². The number of hydrogen-bond donors (Lipinski definition) is 0. The Kier molecular flexibility index (Phi) is 6.67. The number of benzene rings is 1. The van der Waals surface area contributed by atoms with Crippen LogP contribution in [0.5, 0.6) is 0 Å². The van der Waals surface area contributed by atoms with Crippen molar-refractivity contribution in [2.75, 3.05) is 26.2 Å². The molecule has 1 aromatic heterocycles. The molecule has 0 unspecified atom stereocenters. The molecule has 1 aromatic carbocycles. The molecule has 2 heterocycles. The molecular weight excluding hydrogens is 356 g/mol. The van der Waals surface area contributed by atoms with E-state index in [9.17, 15) is 9.59 Å². The summed E-state index contributed by atoms with van der Waals surface area (Å²) in [5, 5.41) is 0. The summed E-state index contributed by atoms with van der Waals surface area (Å²) in [7, 11) is 0. The van der Waals surface area contributed by atoms with Gasteiger partial charge in [0, 0.05) is 37.5 Å². The van der Waals surface area contributed by atoms with Gasteiger partial charge >= 0.3 is 0 Å². The number of hydrogen-bond acceptors (Lipinski definition) is 3. The van der Waals surface area contributed by atoms with Crippen molar-refractivity contribution in [3.8, 4) is 0 Å². The van der Waals surface area contributed by atoms with E-state index < -0.39 is 0 Å². The molecule has 2 amide bonds. The maximum Gasteiger partial charge on any atom is 0.264 e. The third-order valence-electron chi connectivity index (χ3n) is 5.17. The number of carbonyl (C=O) groups is 2. The van der Waals surface area contributed by atoms with Gasteiger partial charge in [0.1, 0.15) is 0 Å². The minimum Gasteiger partial charge on any atom is -0.339 e. The Morgan fingerprint density at radius 3 is 2.33 bits per heavy atom. The van der Waals surface area contributed by atoms with E-state index in [1.54, 1.807) is 11.3 Å². The van der Waals surface area contributed by atoms with Crippen LogP contribution in [0.15, 0.2) is 36.4 Å². The molecule has 0 bridgehead atoms. The zero-order chi connectivity index (χ0) is 19.2. The van der Waals surface area contributed by atoms with Gasteiger partial charge in [-0.2, -0.15) is 0 Å². The second-order valence-electron chi connectivity index (χ2n) is 7.08. The van der Waals surface area contributed by atoms with Gasteiger partial charge in [0.2, 0.25) is 5.91 Å². The molecule has 0 aliphatic carbocycles. The zero-order valence-corrected chi connectivity index (χ0v) is 17.1. The van der Waals surface area contributed by atoms with Gasteiger partial charge in [-0.1, -0.05) is 37.3 Å². The number of piperazine rings is 1. The Morgan fingerprint density at radius 2 is 1.70 bits per heavy atom. The summed E-state index contributed by atoms with van der Waals surface area (Å²) in [5.74, 6) is 0.317. The summed E-state index contributed by atoms with van der Waals surface area (Å²) in [4.78, 5) is 31.1. The molecule has 1 aliphatic heterocycles. The molecule has 27 heavy (non-hydrogen) atoms. The topological polar surface area (TPSA) is 40.6 Å². The molecule has 5 heteroatoms. The van der Waals surface area contributed by atoms with E-state index in [0.717, 1.165) is 24.1 Å². The van der Waals surface area contributed by atoms with Crippen LogP contribution in [0.1, 0.15) is 45.4 Å². The van der Waals surface area contributed by atoms with E-state index in [-0.39, 0.29) is 11.8 Å². The van der Waals surface area contributed by atoms with Gasteiger partial charge in [-0.3, -0.25) is 9.59 Å². The first-order valence-corrected chi connectivity index (χ1v) is 10.6. The van der Waals surface area contributed by atoms with Gasteiger partial charge < -0.3 is 9.80 Å².